The Balaban J connectivity index is 1.93. The molecule has 2 bridgehead atoms. The highest BCUT2D eigenvalue weighted by molar-refractivity contribution is 5.74. The number of pyridine rings is 1. The second-order valence-corrected chi connectivity index (χ2v) is 6.94. The minimum Gasteiger partial charge on any atom is -0.348 e. The quantitative estimate of drug-likeness (QED) is 0.794. The van der Waals surface area contributed by atoms with Gasteiger partial charge in [-0.3, -0.25) is 4.98 Å². The molecule has 1 unspecified atom stereocenters. The van der Waals surface area contributed by atoms with Gasteiger partial charge in [-0.05, 0) is 52.3 Å². The average Bonchev–Trinajstić information content (AvgIpc) is 2.89. The first-order chi connectivity index (χ1) is 10.4. The lowest BCUT2D eigenvalue weighted by molar-refractivity contribution is 0.509. The molecule has 1 saturated heterocycles. The number of nitrogens with zero attached hydrogens (tertiary/aromatic N) is 3. The molecular formula is C19H23N3. The van der Waals surface area contributed by atoms with Crippen LogP contribution in [0.5, 0.6) is 0 Å². The van der Waals surface area contributed by atoms with E-state index in [1.165, 1.54) is 22.5 Å². The summed E-state index contributed by atoms with van der Waals surface area (Å²) in [5.41, 5.74) is 7.72. The Bertz CT molecular complexity index is 744. The Morgan fingerprint density at radius 1 is 1.18 bits per heavy atom. The van der Waals surface area contributed by atoms with E-state index in [0.29, 0.717) is 6.17 Å². The topological polar surface area (TPSA) is 19.4 Å². The van der Waals surface area contributed by atoms with Crippen molar-refractivity contribution in [2.75, 3.05) is 16.3 Å². The highest BCUT2D eigenvalue weighted by atomic mass is 15.5. The molecule has 0 N–H and O–H groups in total. The summed E-state index contributed by atoms with van der Waals surface area (Å²) < 4.78 is 0. The Morgan fingerprint density at radius 3 is 2.64 bits per heavy atom. The minimum absolute atomic E-state index is 0.0302. The molecule has 4 rings (SSSR count). The maximum atomic E-state index is 4.72. The molecule has 2 atom stereocenters. The summed E-state index contributed by atoms with van der Waals surface area (Å²) >= 11 is 0. The second kappa shape index (κ2) is 4.25. The molecule has 22 heavy (non-hydrogen) atoms. The van der Waals surface area contributed by atoms with Crippen LogP contribution in [-0.2, 0) is 5.54 Å². The molecule has 0 amide bonds. The summed E-state index contributed by atoms with van der Waals surface area (Å²) in [7, 11) is 0. The smallest absolute Gasteiger partial charge is 0.0997 e. The fraction of sp³-hybridized carbons (Fsp3) is 0.421. The maximum absolute atomic E-state index is 4.72. The molecule has 0 aliphatic carbocycles. The summed E-state index contributed by atoms with van der Waals surface area (Å²) in [5.74, 6) is 0. The van der Waals surface area contributed by atoms with E-state index < -0.39 is 0 Å². The van der Waals surface area contributed by atoms with Crippen LogP contribution in [0, 0.1) is 20.8 Å². The van der Waals surface area contributed by atoms with Crippen molar-refractivity contribution in [3.05, 3.63) is 52.8 Å². The fourth-order valence-electron chi connectivity index (χ4n) is 4.59. The van der Waals surface area contributed by atoms with Gasteiger partial charge in [0.1, 0.15) is 0 Å². The highest BCUT2D eigenvalue weighted by Gasteiger charge is 2.54. The summed E-state index contributed by atoms with van der Waals surface area (Å²) in [6.07, 6.45) is 0.363. The molecular weight excluding hydrogens is 270 g/mol. The summed E-state index contributed by atoms with van der Waals surface area (Å²) in [4.78, 5) is 9.82. The van der Waals surface area contributed by atoms with Gasteiger partial charge in [-0.25, -0.2) is 0 Å². The van der Waals surface area contributed by atoms with Gasteiger partial charge in [-0.2, -0.15) is 0 Å². The van der Waals surface area contributed by atoms with E-state index in [1.807, 2.05) is 0 Å². The lowest BCUT2D eigenvalue weighted by Gasteiger charge is -2.43. The van der Waals surface area contributed by atoms with Gasteiger partial charge in [0.15, 0.2) is 0 Å². The van der Waals surface area contributed by atoms with Gasteiger partial charge < -0.3 is 9.80 Å². The predicted molar refractivity (Wildman–Crippen MR) is 91.5 cm³/mol. The number of benzene rings is 1. The number of fused-ring (bicyclic) bond motifs is 5. The average molecular weight is 293 g/mol. The molecule has 1 aromatic heterocycles. The molecule has 2 aliphatic rings. The number of para-hydroxylation sites is 1. The SMILES string of the molecule is Cc1cc(C)c(N2[C@@H](C)N3CC2(C)c2ccccc23)c(C)n1. The Kier molecular flexibility index (Phi) is 2.63. The van der Waals surface area contributed by atoms with Crippen LogP contribution < -0.4 is 9.80 Å². The Morgan fingerprint density at radius 2 is 1.91 bits per heavy atom. The van der Waals surface area contributed by atoms with Crippen molar-refractivity contribution in [1.29, 1.82) is 0 Å². The molecule has 0 saturated carbocycles. The van der Waals surface area contributed by atoms with Crippen LogP contribution in [0.2, 0.25) is 0 Å². The van der Waals surface area contributed by atoms with E-state index >= 15 is 0 Å². The zero-order valence-electron chi connectivity index (χ0n) is 14.0. The largest absolute Gasteiger partial charge is 0.348 e. The molecule has 3 nitrogen and oxygen atoms in total. The van der Waals surface area contributed by atoms with Gasteiger partial charge in [-0.1, -0.05) is 18.2 Å². The second-order valence-electron chi connectivity index (χ2n) is 6.94. The first kappa shape index (κ1) is 13.6. The monoisotopic (exact) mass is 293 g/mol. The lowest BCUT2D eigenvalue weighted by atomic mass is 9.90. The molecule has 2 aromatic rings. The molecule has 2 aliphatic heterocycles. The molecule has 0 radical (unpaired) electrons. The van der Waals surface area contributed by atoms with E-state index in [9.17, 15) is 0 Å². The van der Waals surface area contributed by atoms with E-state index in [-0.39, 0.29) is 5.54 Å². The first-order valence-electron chi connectivity index (χ1n) is 8.04. The summed E-state index contributed by atoms with van der Waals surface area (Å²) in [6.45, 7) is 12.1. The van der Waals surface area contributed by atoms with Gasteiger partial charge in [0, 0.05) is 23.5 Å². The van der Waals surface area contributed by atoms with Crippen molar-refractivity contribution in [3.63, 3.8) is 0 Å². The normalized spacial score (nSPS) is 25.8. The van der Waals surface area contributed by atoms with E-state index in [4.69, 9.17) is 4.98 Å². The third-order valence-corrected chi connectivity index (χ3v) is 5.35. The number of anilines is 2. The Hall–Kier alpha value is -2.03. The van der Waals surface area contributed by atoms with Crippen molar-refractivity contribution < 1.29 is 0 Å². The van der Waals surface area contributed by atoms with Crippen molar-refractivity contribution in [2.24, 2.45) is 0 Å². The van der Waals surface area contributed by atoms with E-state index in [2.05, 4.69) is 74.8 Å². The zero-order chi connectivity index (χ0) is 15.6. The predicted octanol–water partition coefficient (Wildman–Crippen LogP) is 3.91. The van der Waals surface area contributed by atoms with Crippen molar-refractivity contribution >= 4 is 11.4 Å². The van der Waals surface area contributed by atoms with Crippen LogP contribution in [0.15, 0.2) is 30.3 Å². The van der Waals surface area contributed by atoms with Crippen LogP contribution >= 0.6 is 0 Å². The fourth-order valence-corrected chi connectivity index (χ4v) is 4.59. The number of aromatic nitrogens is 1. The molecule has 1 fully saturated rings. The lowest BCUT2D eigenvalue weighted by Crippen LogP contribution is -2.48. The molecule has 3 heterocycles. The van der Waals surface area contributed by atoms with Gasteiger partial charge in [0.05, 0.1) is 23.1 Å². The maximum Gasteiger partial charge on any atom is 0.0997 e. The Labute approximate surface area is 132 Å². The van der Waals surface area contributed by atoms with Crippen LogP contribution in [0.4, 0.5) is 11.4 Å². The van der Waals surface area contributed by atoms with Crippen molar-refractivity contribution in [2.45, 2.75) is 46.3 Å². The van der Waals surface area contributed by atoms with Gasteiger partial charge in [-0.15, -0.1) is 0 Å². The van der Waals surface area contributed by atoms with Crippen LogP contribution in [0.25, 0.3) is 0 Å². The van der Waals surface area contributed by atoms with Gasteiger partial charge >= 0.3 is 0 Å². The summed E-state index contributed by atoms with van der Waals surface area (Å²) in [6, 6.07) is 11.0. The number of hydrogen-bond acceptors (Lipinski definition) is 3. The van der Waals surface area contributed by atoms with Crippen molar-refractivity contribution in [1.82, 2.24) is 4.98 Å². The van der Waals surface area contributed by atoms with Crippen LogP contribution in [0.3, 0.4) is 0 Å². The van der Waals surface area contributed by atoms with Crippen LogP contribution in [0.1, 0.15) is 36.4 Å². The minimum atomic E-state index is 0.0302. The van der Waals surface area contributed by atoms with Gasteiger partial charge in [0.25, 0.3) is 0 Å². The molecule has 1 aromatic carbocycles. The number of hydrogen-bond donors (Lipinski definition) is 0. The third-order valence-electron chi connectivity index (χ3n) is 5.35. The van der Waals surface area contributed by atoms with Crippen molar-refractivity contribution in [3.8, 4) is 0 Å². The van der Waals surface area contributed by atoms with E-state index in [0.717, 1.165) is 17.9 Å². The zero-order valence-corrected chi connectivity index (χ0v) is 14.0. The van der Waals surface area contributed by atoms with E-state index in [1.54, 1.807) is 0 Å². The number of aryl methyl sites for hydroxylation is 3. The number of rotatable bonds is 1. The highest BCUT2D eigenvalue weighted by Crippen LogP contribution is 2.53. The third kappa shape index (κ3) is 1.54. The van der Waals surface area contributed by atoms with Gasteiger partial charge in [0.2, 0.25) is 0 Å². The molecule has 3 heteroatoms. The van der Waals surface area contributed by atoms with Crippen LogP contribution in [-0.4, -0.2) is 17.7 Å². The molecule has 114 valence electrons. The molecule has 0 spiro atoms. The standard InChI is InChI=1S/C19H23N3/c1-12-10-13(2)20-14(3)18(12)22-15(4)21-11-19(22,5)16-8-6-7-9-17(16)21/h6-10,15H,11H2,1-5H3/t15-,19?/m0/s1. The first-order valence-corrected chi connectivity index (χ1v) is 8.04. The summed E-state index contributed by atoms with van der Waals surface area (Å²) in [5, 5.41) is 0.